The van der Waals surface area contributed by atoms with Crippen LogP contribution in [0.25, 0.3) is 5.69 Å². The number of nitrogens with one attached hydrogen (secondary N) is 1. The number of aryl methyl sites for hydroxylation is 1. The molecule has 2 fully saturated rings. The Morgan fingerprint density at radius 2 is 1.85 bits per heavy atom. The van der Waals surface area contributed by atoms with Crippen LogP contribution in [0.1, 0.15) is 59.4 Å². The molecule has 1 aromatic heterocycles. The second-order valence-electron chi connectivity index (χ2n) is 8.32. The van der Waals surface area contributed by atoms with Gasteiger partial charge in [0, 0.05) is 29.9 Å². The molecule has 0 radical (unpaired) electrons. The number of nitrogens with zero attached hydrogens (tertiary/aromatic N) is 3. The Bertz CT molecular complexity index is 840. The molecular formula is C22H28N4O. The Labute approximate surface area is 160 Å². The van der Waals surface area contributed by atoms with Crippen molar-refractivity contribution in [2.75, 3.05) is 13.1 Å². The van der Waals surface area contributed by atoms with E-state index in [1.165, 1.54) is 23.2 Å². The summed E-state index contributed by atoms with van der Waals surface area (Å²) in [5.41, 5.74) is 5.46. The number of aromatic nitrogens is 2. The maximum absolute atomic E-state index is 13.6. The normalized spacial score (nSPS) is 24.6. The molecule has 3 aliphatic rings. The summed E-state index contributed by atoms with van der Waals surface area (Å²) in [7, 11) is 0. The van der Waals surface area contributed by atoms with Gasteiger partial charge in [-0.05, 0) is 70.5 Å². The lowest BCUT2D eigenvalue weighted by atomic mass is 9.95. The molecule has 1 N–H and O–H groups in total. The Morgan fingerprint density at radius 1 is 1.07 bits per heavy atom. The van der Waals surface area contributed by atoms with Gasteiger partial charge in [-0.3, -0.25) is 4.79 Å². The van der Waals surface area contributed by atoms with Crippen LogP contribution < -0.4 is 5.32 Å². The van der Waals surface area contributed by atoms with E-state index >= 15 is 0 Å². The molecule has 1 aliphatic carbocycles. The fraction of sp³-hybridized carbons (Fsp3) is 0.545. The van der Waals surface area contributed by atoms with Gasteiger partial charge >= 0.3 is 0 Å². The highest BCUT2D eigenvalue weighted by Gasteiger charge is 2.40. The van der Waals surface area contributed by atoms with Crippen LogP contribution >= 0.6 is 0 Å². The van der Waals surface area contributed by atoms with Crippen molar-refractivity contribution in [3.63, 3.8) is 0 Å². The van der Waals surface area contributed by atoms with E-state index in [1.807, 2.05) is 4.68 Å². The lowest BCUT2D eigenvalue weighted by molar-refractivity contribution is 0.0672. The molecule has 5 nitrogen and oxygen atoms in total. The summed E-state index contributed by atoms with van der Waals surface area (Å²) in [5.74, 6) is 0.162. The smallest absolute Gasteiger partial charge is 0.275 e. The van der Waals surface area contributed by atoms with E-state index in [0.717, 1.165) is 57.3 Å². The molecule has 5 rings (SSSR count). The summed E-state index contributed by atoms with van der Waals surface area (Å²) in [6.07, 6.45) is 7.63. The number of rotatable bonds is 2. The number of hydrogen-bond donors (Lipinski definition) is 1. The molecule has 2 atom stereocenters. The number of hydrogen-bond acceptors (Lipinski definition) is 3. The zero-order valence-corrected chi connectivity index (χ0v) is 16.1. The van der Waals surface area contributed by atoms with Crippen molar-refractivity contribution < 1.29 is 4.79 Å². The maximum Gasteiger partial charge on any atom is 0.275 e. The first-order valence-electron chi connectivity index (χ1n) is 10.4. The van der Waals surface area contributed by atoms with Gasteiger partial charge in [-0.15, -0.1) is 0 Å². The molecule has 2 bridgehead atoms. The summed E-state index contributed by atoms with van der Waals surface area (Å²) < 4.78 is 2.04. The van der Waals surface area contributed by atoms with Gasteiger partial charge in [0.25, 0.3) is 5.91 Å². The molecule has 27 heavy (non-hydrogen) atoms. The number of carbonyl (C=O) groups excluding carboxylic acids is 1. The van der Waals surface area contributed by atoms with Crippen LogP contribution in [0.2, 0.25) is 0 Å². The van der Waals surface area contributed by atoms with Crippen molar-refractivity contribution in [3.05, 3.63) is 46.8 Å². The molecule has 0 saturated carbocycles. The van der Waals surface area contributed by atoms with Gasteiger partial charge in [0.1, 0.15) is 0 Å². The van der Waals surface area contributed by atoms with Crippen LogP contribution in [0.15, 0.2) is 24.3 Å². The molecule has 3 heterocycles. The van der Waals surface area contributed by atoms with Crippen molar-refractivity contribution in [2.45, 2.75) is 64.0 Å². The fourth-order valence-corrected chi connectivity index (χ4v) is 5.11. The summed E-state index contributed by atoms with van der Waals surface area (Å²) in [5, 5.41) is 8.39. The molecular weight excluding hydrogens is 336 g/mol. The van der Waals surface area contributed by atoms with E-state index in [9.17, 15) is 4.79 Å². The Hall–Kier alpha value is -2.14. The Kier molecular flexibility index (Phi) is 4.27. The minimum absolute atomic E-state index is 0.162. The lowest BCUT2D eigenvalue weighted by Gasteiger charge is -2.27. The third-order valence-corrected chi connectivity index (χ3v) is 6.55. The van der Waals surface area contributed by atoms with Gasteiger partial charge in [0.15, 0.2) is 5.69 Å². The highest BCUT2D eigenvalue weighted by atomic mass is 16.2. The van der Waals surface area contributed by atoms with Gasteiger partial charge in [-0.2, -0.15) is 5.10 Å². The summed E-state index contributed by atoms with van der Waals surface area (Å²) in [6.45, 7) is 4.03. The van der Waals surface area contributed by atoms with Crippen molar-refractivity contribution in [3.8, 4) is 5.69 Å². The van der Waals surface area contributed by atoms with Gasteiger partial charge in [0.2, 0.25) is 0 Å². The Morgan fingerprint density at radius 3 is 2.70 bits per heavy atom. The quantitative estimate of drug-likeness (QED) is 0.891. The third kappa shape index (κ3) is 2.89. The molecule has 1 aromatic carbocycles. The minimum atomic E-state index is 0.162. The van der Waals surface area contributed by atoms with Gasteiger partial charge < -0.3 is 10.2 Å². The van der Waals surface area contributed by atoms with Crippen LogP contribution in [0.5, 0.6) is 0 Å². The van der Waals surface area contributed by atoms with Crippen molar-refractivity contribution in [2.24, 2.45) is 0 Å². The average molecular weight is 364 g/mol. The largest absolute Gasteiger partial charge is 0.330 e. The molecule has 0 spiro atoms. The van der Waals surface area contributed by atoms with E-state index in [0.29, 0.717) is 17.8 Å². The summed E-state index contributed by atoms with van der Waals surface area (Å²) in [4.78, 5) is 15.8. The lowest BCUT2D eigenvalue weighted by Crippen LogP contribution is -2.43. The van der Waals surface area contributed by atoms with E-state index in [1.54, 1.807) is 0 Å². The average Bonchev–Trinajstić information content (AvgIpc) is 3.18. The molecule has 1 amide bonds. The van der Waals surface area contributed by atoms with Crippen LogP contribution in [0, 0.1) is 6.92 Å². The number of amides is 1. The monoisotopic (exact) mass is 364 g/mol. The number of benzene rings is 1. The molecule has 2 aliphatic heterocycles. The Balaban J connectivity index is 1.56. The van der Waals surface area contributed by atoms with Crippen LogP contribution in [-0.4, -0.2) is 45.8 Å². The molecule has 5 heteroatoms. The highest BCUT2D eigenvalue weighted by molar-refractivity contribution is 5.95. The van der Waals surface area contributed by atoms with Crippen molar-refractivity contribution >= 4 is 5.91 Å². The zero-order valence-electron chi connectivity index (χ0n) is 16.1. The van der Waals surface area contributed by atoms with Gasteiger partial charge in [-0.1, -0.05) is 17.7 Å². The SMILES string of the molecule is Cc1ccc(-n2nc(C(=O)N3C4CCNCC3CC4)c3c2CCCC3)cc1. The standard InChI is InChI=1S/C22H28N4O/c1-15-6-8-17(9-7-15)26-20-5-3-2-4-19(20)21(24-26)22(27)25-16-10-11-18(25)14-23-13-12-16/h6-9,16,18,23H,2-5,10-14H2,1H3. The molecule has 2 aromatic rings. The van der Waals surface area contributed by atoms with E-state index in [4.69, 9.17) is 5.10 Å². The van der Waals surface area contributed by atoms with Crippen molar-refractivity contribution in [1.29, 1.82) is 0 Å². The van der Waals surface area contributed by atoms with Crippen LogP contribution in [0.4, 0.5) is 0 Å². The second kappa shape index (κ2) is 6.79. The molecule has 2 unspecified atom stereocenters. The fourth-order valence-electron chi connectivity index (χ4n) is 5.11. The third-order valence-electron chi connectivity index (χ3n) is 6.55. The van der Waals surface area contributed by atoms with Crippen molar-refractivity contribution in [1.82, 2.24) is 20.0 Å². The summed E-state index contributed by atoms with van der Waals surface area (Å²) in [6, 6.07) is 9.17. The van der Waals surface area contributed by atoms with Gasteiger partial charge in [-0.25, -0.2) is 4.68 Å². The predicted molar refractivity (Wildman–Crippen MR) is 105 cm³/mol. The van der Waals surface area contributed by atoms with E-state index in [2.05, 4.69) is 41.4 Å². The number of carbonyl (C=O) groups is 1. The topological polar surface area (TPSA) is 50.2 Å². The van der Waals surface area contributed by atoms with Crippen LogP contribution in [-0.2, 0) is 12.8 Å². The predicted octanol–water partition coefficient (Wildman–Crippen LogP) is 3.03. The zero-order chi connectivity index (χ0) is 18.4. The first-order chi connectivity index (χ1) is 13.2. The first-order valence-corrected chi connectivity index (χ1v) is 10.4. The van der Waals surface area contributed by atoms with E-state index in [-0.39, 0.29) is 5.91 Å². The minimum Gasteiger partial charge on any atom is -0.330 e. The summed E-state index contributed by atoms with van der Waals surface area (Å²) >= 11 is 0. The molecule has 2 saturated heterocycles. The number of fused-ring (bicyclic) bond motifs is 3. The van der Waals surface area contributed by atoms with Gasteiger partial charge in [0.05, 0.1) is 5.69 Å². The highest BCUT2D eigenvalue weighted by Crippen LogP contribution is 2.33. The van der Waals surface area contributed by atoms with Crippen LogP contribution in [0.3, 0.4) is 0 Å². The molecule has 142 valence electrons. The van der Waals surface area contributed by atoms with E-state index < -0.39 is 0 Å². The first kappa shape index (κ1) is 17.0. The maximum atomic E-state index is 13.6. The second-order valence-corrected chi connectivity index (χ2v) is 8.32.